The Morgan fingerprint density at radius 3 is 2.43 bits per heavy atom. The van der Waals surface area contributed by atoms with E-state index in [1.54, 1.807) is 0 Å². The van der Waals surface area contributed by atoms with Gasteiger partial charge in [-0.3, -0.25) is 14.8 Å². The number of sulfonamides is 1. The molecule has 2 aromatic rings. The Morgan fingerprint density at radius 1 is 1.29 bits per heavy atom. The molecule has 0 aliphatic heterocycles. The number of benzene rings is 1. The summed E-state index contributed by atoms with van der Waals surface area (Å²) in [7, 11) is -4.13. The molecule has 3 N–H and O–H groups in total. The van der Waals surface area contributed by atoms with Crippen LogP contribution in [0.3, 0.4) is 0 Å². The molecule has 1 aromatic heterocycles. The zero-order valence-electron chi connectivity index (χ0n) is 10.2. The zero-order chi connectivity index (χ0) is 15.6. The third-order valence-electron chi connectivity index (χ3n) is 2.37. The summed E-state index contributed by atoms with van der Waals surface area (Å²) in [6.07, 6.45) is 1.90. The van der Waals surface area contributed by atoms with Crippen LogP contribution in [0.4, 0.5) is 21.7 Å². The molecule has 0 fully saturated rings. The number of rotatable bonds is 4. The van der Waals surface area contributed by atoms with Crippen LogP contribution in [0.5, 0.6) is 0 Å². The normalized spacial score (nSPS) is 11.1. The standard InChI is InChI=1S/C10H8FN5O4S/c11-8-3-6(16(17)18)1-2-9(8)15-21(19,20)7-4-13-10(12)14-5-7/h1-5,15H,(H2,12,13,14). The van der Waals surface area contributed by atoms with Gasteiger partial charge in [-0.1, -0.05) is 0 Å². The fourth-order valence-corrected chi connectivity index (χ4v) is 2.32. The largest absolute Gasteiger partial charge is 0.368 e. The van der Waals surface area contributed by atoms with Gasteiger partial charge < -0.3 is 5.73 Å². The Kier molecular flexibility index (Phi) is 3.67. The summed E-state index contributed by atoms with van der Waals surface area (Å²) < 4.78 is 39.5. The molecular weight excluding hydrogens is 305 g/mol. The fourth-order valence-electron chi connectivity index (χ4n) is 1.37. The Morgan fingerprint density at radius 2 is 1.90 bits per heavy atom. The van der Waals surface area contributed by atoms with Gasteiger partial charge in [0.1, 0.15) is 4.90 Å². The minimum atomic E-state index is -4.13. The molecule has 0 bridgehead atoms. The van der Waals surface area contributed by atoms with E-state index >= 15 is 0 Å². The first-order chi connectivity index (χ1) is 9.79. The van der Waals surface area contributed by atoms with Crippen LogP contribution in [0.1, 0.15) is 0 Å². The molecule has 9 nitrogen and oxygen atoms in total. The monoisotopic (exact) mass is 313 g/mol. The van der Waals surface area contributed by atoms with Gasteiger partial charge in [-0.25, -0.2) is 22.8 Å². The van der Waals surface area contributed by atoms with Crippen molar-refractivity contribution in [3.05, 3.63) is 46.5 Å². The third-order valence-corrected chi connectivity index (χ3v) is 3.69. The van der Waals surface area contributed by atoms with Gasteiger partial charge in [0, 0.05) is 6.07 Å². The van der Waals surface area contributed by atoms with E-state index in [0.717, 1.165) is 24.5 Å². The van der Waals surface area contributed by atoms with Gasteiger partial charge in [0.25, 0.3) is 15.7 Å². The highest BCUT2D eigenvalue weighted by molar-refractivity contribution is 7.92. The van der Waals surface area contributed by atoms with Crippen LogP contribution in [0.25, 0.3) is 0 Å². The molecule has 2 rings (SSSR count). The van der Waals surface area contributed by atoms with Crippen LogP contribution in [0.2, 0.25) is 0 Å². The molecule has 1 aromatic carbocycles. The first-order valence-electron chi connectivity index (χ1n) is 5.34. The lowest BCUT2D eigenvalue weighted by molar-refractivity contribution is -0.385. The minimum absolute atomic E-state index is 0.115. The van der Waals surface area contributed by atoms with Gasteiger partial charge in [0.15, 0.2) is 5.82 Å². The average molecular weight is 313 g/mol. The van der Waals surface area contributed by atoms with E-state index in [9.17, 15) is 22.9 Å². The highest BCUT2D eigenvalue weighted by Crippen LogP contribution is 2.23. The van der Waals surface area contributed by atoms with Crippen LogP contribution >= 0.6 is 0 Å². The predicted molar refractivity (Wildman–Crippen MR) is 70.3 cm³/mol. The number of nitro groups is 1. The van der Waals surface area contributed by atoms with Crippen molar-refractivity contribution < 1.29 is 17.7 Å². The molecule has 110 valence electrons. The Balaban J connectivity index is 2.32. The smallest absolute Gasteiger partial charge is 0.272 e. The maximum atomic E-state index is 13.6. The lowest BCUT2D eigenvalue weighted by Gasteiger charge is -2.08. The van der Waals surface area contributed by atoms with Gasteiger partial charge in [-0.15, -0.1) is 0 Å². The molecule has 0 spiro atoms. The van der Waals surface area contributed by atoms with Crippen molar-refractivity contribution in [2.24, 2.45) is 0 Å². The summed E-state index contributed by atoms with van der Waals surface area (Å²) in [5, 5.41) is 10.5. The molecule has 0 amide bonds. The van der Waals surface area contributed by atoms with Crippen LogP contribution in [0, 0.1) is 15.9 Å². The van der Waals surface area contributed by atoms with Gasteiger partial charge in [-0.05, 0) is 6.07 Å². The summed E-state index contributed by atoms with van der Waals surface area (Å²) in [6, 6.07) is 2.53. The van der Waals surface area contributed by atoms with E-state index in [1.165, 1.54) is 0 Å². The maximum Gasteiger partial charge on any atom is 0.272 e. The number of non-ortho nitro benzene ring substituents is 1. The lowest BCUT2D eigenvalue weighted by Crippen LogP contribution is -2.15. The highest BCUT2D eigenvalue weighted by Gasteiger charge is 2.19. The van der Waals surface area contributed by atoms with Crippen molar-refractivity contribution >= 4 is 27.3 Å². The summed E-state index contributed by atoms with van der Waals surface area (Å²) in [6.45, 7) is 0. The van der Waals surface area contributed by atoms with E-state index in [4.69, 9.17) is 5.73 Å². The Hall–Kier alpha value is -2.82. The molecular formula is C10H8FN5O4S. The van der Waals surface area contributed by atoms with E-state index < -0.39 is 32.1 Å². The van der Waals surface area contributed by atoms with E-state index in [2.05, 4.69) is 9.97 Å². The van der Waals surface area contributed by atoms with Gasteiger partial charge in [-0.2, -0.15) is 0 Å². The molecule has 0 radical (unpaired) electrons. The molecule has 0 saturated heterocycles. The molecule has 0 aliphatic rings. The van der Waals surface area contributed by atoms with Gasteiger partial charge >= 0.3 is 0 Å². The predicted octanol–water partition coefficient (Wildman–Crippen LogP) is 0.907. The fraction of sp³-hybridized carbons (Fsp3) is 0. The topological polar surface area (TPSA) is 141 Å². The van der Waals surface area contributed by atoms with Crippen molar-refractivity contribution in [1.29, 1.82) is 0 Å². The lowest BCUT2D eigenvalue weighted by atomic mass is 10.3. The second-order valence-corrected chi connectivity index (χ2v) is 5.49. The van der Waals surface area contributed by atoms with Crippen molar-refractivity contribution in [3.63, 3.8) is 0 Å². The Labute approximate surface area is 117 Å². The number of nitrogen functional groups attached to an aromatic ring is 1. The minimum Gasteiger partial charge on any atom is -0.368 e. The molecule has 0 atom stereocenters. The second-order valence-electron chi connectivity index (χ2n) is 3.80. The number of halogens is 1. The quantitative estimate of drug-likeness (QED) is 0.631. The number of anilines is 2. The summed E-state index contributed by atoms with van der Waals surface area (Å²) in [5.41, 5.74) is 4.30. The molecule has 0 saturated carbocycles. The van der Waals surface area contributed by atoms with Crippen LogP contribution in [-0.4, -0.2) is 23.3 Å². The van der Waals surface area contributed by atoms with Crippen molar-refractivity contribution in [3.8, 4) is 0 Å². The second kappa shape index (κ2) is 5.28. The molecule has 0 aliphatic carbocycles. The first kappa shape index (κ1) is 14.6. The van der Waals surface area contributed by atoms with Crippen molar-refractivity contribution in [2.45, 2.75) is 4.90 Å². The maximum absolute atomic E-state index is 13.6. The van der Waals surface area contributed by atoms with Crippen LogP contribution < -0.4 is 10.5 Å². The van der Waals surface area contributed by atoms with E-state index in [0.29, 0.717) is 6.07 Å². The number of nitrogens with one attached hydrogen (secondary N) is 1. The van der Waals surface area contributed by atoms with Crippen molar-refractivity contribution in [1.82, 2.24) is 9.97 Å². The number of nitro benzene ring substituents is 1. The summed E-state index contributed by atoms with van der Waals surface area (Å²) in [5.74, 6) is -1.19. The number of hydrogen-bond acceptors (Lipinski definition) is 7. The van der Waals surface area contributed by atoms with Crippen LogP contribution in [0.15, 0.2) is 35.5 Å². The van der Waals surface area contributed by atoms with E-state index in [-0.39, 0.29) is 10.8 Å². The summed E-state index contributed by atoms with van der Waals surface area (Å²) in [4.78, 5) is 16.4. The number of hydrogen-bond donors (Lipinski definition) is 2. The van der Waals surface area contributed by atoms with Crippen LogP contribution in [-0.2, 0) is 10.0 Å². The van der Waals surface area contributed by atoms with E-state index in [1.807, 2.05) is 4.72 Å². The Bertz CT molecular complexity index is 794. The summed E-state index contributed by atoms with van der Waals surface area (Å²) >= 11 is 0. The SMILES string of the molecule is Nc1ncc(S(=O)(=O)Nc2ccc([N+](=O)[O-])cc2F)cn1. The highest BCUT2D eigenvalue weighted by atomic mass is 32.2. The average Bonchev–Trinajstić information content (AvgIpc) is 2.41. The molecule has 1 heterocycles. The number of nitrogens with two attached hydrogens (primary N) is 1. The van der Waals surface area contributed by atoms with Crippen molar-refractivity contribution in [2.75, 3.05) is 10.5 Å². The molecule has 21 heavy (non-hydrogen) atoms. The number of aromatic nitrogens is 2. The molecule has 0 unspecified atom stereocenters. The van der Waals surface area contributed by atoms with Gasteiger partial charge in [0.2, 0.25) is 5.95 Å². The zero-order valence-corrected chi connectivity index (χ0v) is 11.0. The number of nitrogens with zero attached hydrogens (tertiary/aromatic N) is 3. The first-order valence-corrected chi connectivity index (χ1v) is 6.82. The molecule has 11 heteroatoms. The third kappa shape index (κ3) is 3.20. The van der Waals surface area contributed by atoms with Gasteiger partial charge in [0.05, 0.1) is 29.1 Å².